The number of fused-ring (bicyclic) bond motifs is 11. The van der Waals surface area contributed by atoms with Gasteiger partial charge in [-0.05, 0) is 77.5 Å². The summed E-state index contributed by atoms with van der Waals surface area (Å²) >= 11 is 0. The van der Waals surface area contributed by atoms with Gasteiger partial charge in [-0.3, -0.25) is 0 Å². The van der Waals surface area contributed by atoms with Gasteiger partial charge in [-0.2, -0.15) is 0 Å². The zero-order valence-corrected chi connectivity index (χ0v) is 26.6. The van der Waals surface area contributed by atoms with Crippen molar-refractivity contribution in [1.29, 1.82) is 0 Å². The Labute approximate surface area is 282 Å². The molecular weight excluding hydrogens is 595 g/mol. The van der Waals surface area contributed by atoms with E-state index < -0.39 is 0 Å². The second-order valence-electron chi connectivity index (χ2n) is 13.0. The van der Waals surface area contributed by atoms with E-state index in [1.807, 2.05) is 0 Å². The molecule has 0 aliphatic rings. The number of hydrogen-bond donors (Lipinski definition) is 0. The van der Waals surface area contributed by atoms with Crippen LogP contribution in [0.4, 0.5) is 0 Å². The third-order valence-electron chi connectivity index (χ3n) is 10.4. The number of benzene rings is 8. The molecule has 3 aromatic heterocycles. The molecule has 11 rings (SSSR count). The van der Waals surface area contributed by atoms with E-state index in [1.165, 1.54) is 87.6 Å². The Balaban J connectivity index is 1.25. The van der Waals surface area contributed by atoms with Gasteiger partial charge in [-0.1, -0.05) is 109 Å². The van der Waals surface area contributed by atoms with Gasteiger partial charge in [-0.15, -0.1) is 0 Å². The Bertz CT molecular complexity index is 3100. The van der Waals surface area contributed by atoms with Crippen LogP contribution in [-0.2, 0) is 0 Å². The fraction of sp³-hybridized carbons (Fsp3) is 0. The van der Waals surface area contributed by atoms with E-state index >= 15 is 0 Å². The van der Waals surface area contributed by atoms with Gasteiger partial charge in [0.05, 0.1) is 33.1 Å². The molecule has 8 aromatic carbocycles. The van der Waals surface area contributed by atoms with Crippen LogP contribution in [0.2, 0.25) is 0 Å². The summed E-state index contributed by atoms with van der Waals surface area (Å²) in [5.41, 5.74) is 10.8. The normalized spacial score (nSPS) is 12.1. The maximum atomic E-state index is 2.48. The lowest BCUT2D eigenvalue weighted by atomic mass is 10.1. The lowest BCUT2D eigenvalue weighted by Gasteiger charge is -2.11. The highest BCUT2D eigenvalue weighted by Gasteiger charge is 2.21. The van der Waals surface area contributed by atoms with Crippen LogP contribution < -0.4 is 0 Å². The van der Waals surface area contributed by atoms with Gasteiger partial charge in [0.15, 0.2) is 0 Å². The third-order valence-corrected chi connectivity index (χ3v) is 10.4. The first-order chi connectivity index (χ1) is 24.3. The highest BCUT2D eigenvalue weighted by Crippen LogP contribution is 2.43. The Morgan fingerprint density at radius 3 is 1.59 bits per heavy atom. The summed E-state index contributed by atoms with van der Waals surface area (Å²) in [7, 11) is 0. The van der Waals surface area contributed by atoms with Crippen molar-refractivity contribution in [1.82, 2.24) is 13.7 Å². The van der Waals surface area contributed by atoms with Crippen molar-refractivity contribution in [3.8, 4) is 17.1 Å². The Hall–Kier alpha value is -6.58. The molecule has 0 bridgehead atoms. The number of aromatic nitrogens is 3. The van der Waals surface area contributed by atoms with E-state index in [0.717, 1.165) is 5.69 Å². The second-order valence-corrected chi connectivity index (χ2v) is 13.0. The number of hydrogen-bond acceptors (Lipinski definition) is 0. The maximum absolute atomic E-state index is 2.48. The van der Waals surface area contributed by atoms with E-state index in [1.54, 1.807) is 0 Å². The van der Waals surface area contributed by atoms with Crippen LogP contribution in [0.1, 0.15) is 0 Å². The zero-order valence-electron chi connectivity index (χ0n) is 26.6. The van der Waals surface area contributed by atoms with Crippen LogP contribution in [0.25, 0.3) is 93.3 Å². The minimum atomic E-state index is 1.15. The fourth-order valence-electron chi connectivity index (χ4n) is 8.33. The summed E-state index contributed by atoms with van der Waals surface area (Å²) in [6.45, 7) is 0. The summed E-state index contributed by atoms with van der Waals surface area (Å²) in [6.07, 6.45) is 0. The van der Waals surface area contributed by atoms with Crippen LogP contribution in [0.3, 0.4) is 0 Å². The first-order valence-electron chi connectivity index (χ1n) is 16.9. The lowest BCUT2D eigenvalue weighted by molar-refractivity contribution is 1.16. The molecule has 0 N–H and O–H groups in total. The number of para-hydroxylation sites is 4. The molecule has 0 unspecified atom stereocenters. The highest BCUT2D eigenvalue weighted by atomic mass is 15.0. The molecule has 0 aliphatic carbocycles. The van der Waals surface area contributed by atoms with E-state index in [4.69, 9.17) is 0 Å². The first kappa shape index (κ1) is 26.5. The molecule has 3 nitrogen and oxygen atoms in total. The van der Waals surface area contributed by atoms with Crippen LogP contribution >= 0.6 is 0 Å². The molecule has 3 heterocycles. The molecule has 49 heavy (non-hydrogen) atoms. The Morgan fingerprint density at radius 2 is 0.796 bits per heavy atom. The van der Waals surface area contributed by atoms with Crippen molar-refractivity contribution < 1.29 is 0 Å². The quantitative estimate of drug-likeness (QED) is 0.186. The summed E-state index contributed by atoms with van der Waals surface area (Å²) in [4.78, 5) is 0. The van der Waals surface area contributed by atoms with Gasteiger partial charge in [0.2, 0.25) is 0 Å². The lowest BCUT2D eigenvalue weighted by Crippen LogP contribution is -1.96. The molecule has 0 fully saturated rings. The van der Waals surface area contributed by atoms with E-state index in [2.05, 4.69) is 190 Å². The van der Waals surface area contributed by atoms with Gasteiger partial charge >= 0.3 is 0 Å². The Morgan fingerprint density at radius 1 is 0.265 bits per heavy atom. The number of rotatable bonds is 3. The molecule has 228 valence electrons. The average molecular weight is 624 g/mol. The fourth-order valence-corrected chi connectivity index (χ4v) is 8.33. The molecule has 0 atom stereocenters. The topological polar surface area (TPSA) is 14.8 Å². The predicted octanol–water partition coefficient (Wildman–Crippen LogP) is 12.1. The van der Waals surface area contributed by atoms with Gasteiger partial charge in [-0.25, -0.2) is 0 Å². The summed E-state index contributed by atoms with van der Waals surface area (Å²) in [5, 5.41) is 10.0. The largest absolute Gasteiger partial charge is 0.309 e. The molecule has 0 aliphatic heterocycles. The molecule has 11 aromatic rings. The molecule has 0 radical (unpaired) electrons. The van der Waals surface area contributed by atoms with E-state index in [-0.39, 0.29) is 0 Å². The van der Waals surface area contributed by atoms with Crippen molar-refractivity contribution in [3.63, 3.8) is 0 Å². The Kier molecular flexibility index (Phi) is 5.38. The van der Waals surface area contributed by atoms with Gasteiger partial charge in [0.1, 0.15) is 0 Å². The first-order valence-corrected chi connectivity index (χ1v) is 16.9. The van der Waals surface area contributed by atoms with Crippen molar-refractivity contribution in [2.75, 3.05) is 0 Å². The van der Waals surface area contributed by atoms with Crippen LogP contribution in [0, 0.1) is 0 Å². The minimum absolute atomic E-state index is 1.15. The smallest absolute Gasteiger partial charge is 0.0641 e. The molecule has 0 saturated carbocycles. The standard InChI is InChI=1S/C46H29N3/c1-2-14-32(15-3-1)47-40-19-9-7-17-36(40)39-29-34(24-26-43(39)47)48-42-21-11-8-18-38(42)45-44(48)27-25-37-35-16-6-10-20-41(35)49(46(37)45)33-23-22-30-12-4-5-13-31(30)28-33/h1-29H. The van der Waals surface area contributed by atoms with E-state index in [0.29, 0.717) is 0 Å². The van der Waals surface area contributed by atoms with Gasteiger partial charge in [0.25, 0.3) is 0 Å². The number of nitrogens with zero attached hydrogens (tertiary/aromatic N) is 3. The van der Waals surface area contributed by atoms with Crippen molar-refractivity contribution in [2.24, 2.45) is 0 Å². The van der Waals surface area contributed by atoms with Gasteiger partial charge < -0.3 is 13.7 Å². The summed E-state index contributed by atoms with van der Waals surface area (Å²) in [5.74, 6) is 0. The van der Waals surface area contributed by atoms with Crippen LogP contribution in [0.15, 0.2) is 176 Å². The molecule has 3 heteroatoms. The van der Waals surface area contributed by atoms with Gasteiger partial charge in [0, 0.05) is 49.4 Å². The van der Waals surface area contributed by atoms with Crippen molar-refractivity contribution in [2.45, 2.75) is 0 Å². The second kappa shape index (κ2) is 9.96. The van der Waals surface area contributed by atoms with E-state index in [9.17, 15) is 0 Å². The highest BCUT2D eigenvalue weighted by molar-refractivity contribution is 6.26. The zero-order chi connectivity index (χ0) is 32.1. The van der Waals surface area contributed by atoms with Crippen LogP contribution in [-0.4, -0.2) is 13.7 Å². The summed E-state index contributed by atoms with van der Waals surface area (Å²) < 4.78 is 7.32. The summed E-state index contributed by atoms with van der Waals surface area (Å²) in [6, 6.07) is 64.2. The monoisotopic (exact) mass is 623 g/mol. The average Bonchev–Trinajstić information content (AvgIpc) is 3.80. The van der Waals surface area contributed by atoms with Crippen LogP contribution in [0.5, 0.6) is 0 Å². The molecule has 0 amide bonds. The van der Waals surface area contributed by atoms with Crippen molar-refractivity contribution in [3.05, 3.63) is 176 Å². The third kappa shape index (κ3) is 3.67. The van der Waals surface area contributed by atoms with Crippen molar-refractivity contribution >= 4 is 76.2 Å². The molecular formula is C46H29N3. The predicted molar refractivity (Wildman–Crippen MR) is 207 cm³/mol. The SMILES string of the molecule is c1ccc(-n2c3ccccc3c3cc(-n4c5ccccc5c5c4ccc4c6ccccc6n(-c6ccc7ccccc7c6)c45)ccc32)cc1. The molecule has 0 spiro atoms. The molecule has 0 saturated heterocycles. The minimum Gasteiger partial charge on any atom is -0.309 e. The maximum Gasteiger partial charge on any atom is 0.0641 e.